The van der Waals surface area contributed by atoms with Crippen molar-refractivity contribution in [2.75, 3.05) is 6.54 Å². The van der Waals surface area contributed by atoms with E-state index in [1.165, 1.54) is 6.20 Å². The highest BCUT2D eigenvalue weighted by atomic mass is 16.6. The third kappa shape index (κ3) is 4.00. The number of likely N-dealkylation sites (tertiary alicyclic amines) is 1. The van der Waals surface area contributed by atoms with Crippen molar-refractivity contribution < 1.29 is 14.1 Å². The van der Waals surface area contributed by atoms with E-state index < -0.39 is 5.60 Å². The Morgan fingerprint density at radius 2 is 2.23 bits per heavy atom. The summed E-state index contributed by atoms with van der Waals surface area (Å²) in [6.45, 7) is 6.08. The van der Waals surface area contributed by atoms with E-state index in [1.54, 1.807) is 34.1 Å². The zero-order valence-electron chi connectivity index (χ0n) is 16.9. The molecule has 0 saturated carbocycles. The van der Waals surface area contributed by atoms with E-state index in [0.717, 1.165) is 12.8 Å². The monoisotopic (exact) mass is 407 g/mol. The Labute approximate surface area is 173 Å². The Balaban J connectivity index is 1.56. The lowest BCUT2D eigenvalue weighted by molar-refractivity contribution is 0.0217. The molecule has 10 heteroatoms. The molecule has 1 aliphatic rings. The van der Waals surface area contributed by atoms with E-state index in [0.29, 0.717) is 29.3 Å². The summed E-state index contributed by atoms with van der Waals surface area (Å²) in [5, 5.41) is 17.2. The van der Waals surface area contributed by atoms with Gasteiger partial charge in [0.05, 0.1) is 23.5 Å². The predicted molar refractivity (Wildman–Crippen MR) is 104 cm³/mol. The quantitative estimate of drug-likeness (QED) is 0.648. The van der Waals surface area contributed by atoms with Crippen molar-refractivity contribution in [1.29, 1.82) is 5.26 Å². The van der Waals surface area contributed by atoms with Crippen LogP contribution in [0.2, 0.25) is 0 Å². The molecule has 1 saturated heterocycles. The zero-order chi connectivity index (χ0) is 21.3. The Morgan fingerprint density at radius 1 is 1.40 bits per heavy atom. The van der Waals surface area contributed by atoms with Crippen molar-refractivity contribution >= 4 is 6.09 Å². The molecule has 1 amide bonds. The van der Waals surface area contributed by atoms with Gasteiger partial charge in [0.1, 0.15) is 17.4 Å². The molecule has 0 aliphatic carbocycles. The van der Waals surface area contributed by atoms with Crippen molar-refractivity contribution in [2.24, 2.45) is 0 Å². The summed E-state index contributed by atoms with van der Waals surface area (Å²) in [5.74, 6) is 0.668. The van der Waals surface area contributed by atoms with Crippen LogP contribution < -0.4 is 0 Å². The number of aromatic nitrogens is 5. The number of pyridine rings is 1. The summed E-state index contributed by atoms with van der Waals surface area (Å²) < 4.78 is 12.5. The molecular weight excluding hydrogens is 386 g/mol. The first-order valence-corrected chi connectivity index (χ1v) is 9.59. The molecule has 1 atom stereocenters. The molecule has 1 aliphatic heterocycles. The molecule has 154 valence electrons. The molecule has 4 rings (SSSR count). The number of carbonyl (C=O) groups is 1. The van der Waals surface area contributed by atoms with Gasteiger partial charge in [-0.05, 0) is 45.7 Å². The summed E-state index contributed by atoms with van der Waals surface area (Å²) in [6.07, 6.45) is 5.89. The van der Waals surface area contributed by atoms with Gasteiger partial charge >= 0.3 is 6.09 Å². The SMILES string of the molecule is CC(C)(C)OC(=O)N1CCC[C@H]1c1noc(-c2cc(-n3cc(C#N)cn3)ccn2)n1. The second kappa shape index (κ2) is 7.59. The maximum atomic E-state index is 12.5. The Kier molecular flexibility index (Phi) is 4.95. The largest absolute Gasteiger partial charge is 0.444 e. The average Bonchev–Trinajstić information content (AvgIpc) is 3.46. The minimum atomic E-state index is -0.574. The van der Waals surface area contributed by atoms with Crippen LogP contribution in [-0.4, -0.2) is 48.0 Å². The highest BCUT2D eigenvalue weighted by Gasteiger charge is 2.36. The number of nitrogens with zero attached hydrogens (tertiary/aromatic N) is 7. The van der Waals surface area contributed by atoms with E-state index in [1.807, 2.05) is 26.8 Å². The van der Waals surface area contributed by atoms with Crippen LogP contribution in [0.25, 0.3) is 17.3 Å². The lowest BCUT2D eigenvalue weighted by Gasteiger charge is -2.27. The first-order valence-electron chi connectivity index (χ1n) is 9.59. The van der Waals surface area contributed by atoms with E-state index in [9.17, 15) is 4.79 Å². The van der Waals surface area contributed by atoms with Crippen LogP contribution in [0, 0.1) is 11.3 Å². The smallest absolute Gasteiger partial charge is 0.410 e. The second-order valence-electron chi connectivity index (χ2n) is 7.97. The molecular formula is C20H21N7O3. The normalized spacial score (nSPS) is 16.5. The van der Waals surface area contributed by atoms with Gasteiger partial charge in [0, 0.05) is 18.9 Å². The summed E-state index contributed by atoms with van der Waals surface area (Å²) >= 11 is 0. The standard InChI is InChI=1S/C20H21N7O3/c1-20(2,3)29-19(28)26-8-4-5-16(26)17-24-18(30-25-17)15-9-14(6-7-22-15)27-12-13(10-21)11-23-27/h6-7,9,11-12,16H,4-5,8H2,1-3H3/t16-/m0/s1. The van der Waals surface area contributed by atoms with E-state index in [4.69, 9.17) is 14.5 Å². The van der Waals surface area contributed by atoms with Gasteiger partial charge in [0.2, 0.25) is 0 Å². The summed E-state index contributed by atoms with van der Waals surface area (Å²) in [4.78, 5) is 22.9. The average molecular weight is 407 g/mol. The molecule has 10 nitrogen and oxygen atoms in total. The van der Waals surface area contributed by atoms with Crippen LogP contribution >= 0.6 is 0 Å². The third-order valence-electron chi connectivity index (χ3n) is 4.56. The molecule has 30 heavy (non-hydrogen) atoms. The van der Waals surface area contributed by atoms with Crippen molar-refractivity contribution in [1.82, 2.24) is 29.8 Å². The Bertz CT molecular complexity index is 1110. The van der Waals surface area contributed by atoms with Crippen molar-refractivity contribution in [3.05, 3.63) is 42.1 Å². The fraction of sp³-hybridized carbons (Fsp3) is 0.400. The Morgan fingerprint density at radius 3 is 2.97 bits per heavy atom. The number of carbonyl (C=O) groups excluding carboxylic acids is 1. The van der Waals surface area contributed by atoms with Crippen LogP contribution in [0.15, 0.2) is 35.2 Å². The summed E-state index contributed by atoms with van der Waals surface area (Å²) in [7, 11) is 0. The topological polar surface area (TPSA) is 123 Å². The van der Waals surface area contributed by atoms with Crippen LogP contribution in [0.5, 0.6) is 0 Å². The van der Waals surface area contributed by atoms with Crippen molar-refractivity contribution in [3.63, 3.8) is 0 Å². The number of rotatable bonds is 3. The lowest BCUT2D eigenvalue weighted by atomic mass is 10.2. The first-order chi connectivity index (χ1) is 14.3. The fourth-order valence-electron chi connectivity index (χ4n) is 3.25. The maximum absolute atomic E-state index is 12.5. The number of amides is 1. The highest BCUT2D eigenvalue weighted by molar-refractivity contribution is 5.69. The van der Waals surface area contributed by atoms with Gasteiger partial charge in [-0.1, -0.05) is 5.16 Å². The predicted octanol–water partition coefficient (Wildman–Crippen LogP) is 3.26. The molecule has 0 radical (unpaired) electrons. The van der Waals surface area contributed by atoms with Crippen LogP contribution in [0.1, 0.15) is 51.0 Å². The van der Waals surface area contributed by atoms with Crippen LogP contribution in [0.3, 0.4) is 0 Å². The lowest BCUT2D eigenvalue weighted by Crippen LogP contribution is -2.36. The molecule has 3 aromatic heterocycles. The second-order valence-corrected chi connectivity index (χ2v) is 7.97. The summed E-state index contributed by atoms with van der Waals surface area (Å²) in [6, 6.07) is 5.24. The van der Waals surface area contributed by atoms with Gasteiger partial charge in [-0.25, -0.2) is 9.48 Å². The maximum Gasteiger partial charge on any atom is 0.410 e. The number of nitriles is 1. The zero-order valence-corrected chi connectivity index (χ0v) is 16.9. The highest BCUT2D eigenvalue weighted by Crippen LogP contribution is 2.32. The van der Waals surface area contributed by atoms with E-state index >= 15 is 0 Å². The first kappa shape index (κ1) is 19.6. The molecule has 1 fully saturated rings. The Hall–Kier alpha value is -3.74. The molecule has 0 unspecified atom stereocenters. The van der Waals surface area contributed by atoms with Gasteiger partial charge < -0.3 is 9.26 Å². The number of hydrogen-bond donors (Lipinski definition) is 0. The van der Waals surface area contributed by atoms with E-state index in [-0.39, 0.29) is 18.0 Å². The van der Waals surface area contributed by atoms with Crippen LogP contribution in [-0.2, 0) is 4.74 Å². The fourth-order valence-corrected chi connectivity index (χ4v) is 3.25. The molecule has 0 spiro atoms. The van der Waals surface area contributed by atoms with Gasteiger partial charge in [0.15, 0.2) is 5.82 Å². The van der Waals surface area contributed by atoms with Gasteiger partial charge in [-0.3, -0.25) is 9.88 Å². The van der Waals surface area contributed by atoms with Gasteiger partial charge in [0.25, 0.3) is 5.89 Å². The van der Waals surface area contributed by atoms with Gasteiger partial charge in [-0.2, -0.15) is 15.3 Å². The number of hydrogen-bond acceptors (Lipinski definition) is 8. The third-order valence-corrected chi connectivity index (χ3v) is 4.56. The molecule has 0 bridgehead atoms. The molecule has 0 aromatic carbocycles. The van der Waals surface area contributed by atoms with Gasteiger partial charge in [-0.15, -0.1) is 0 Å². The van der Waals surface area contributed by atoms with Crippen LogP contribution in [0.4, 0.5) is 4.79 Å². The number of ether oxygens (including phenoxy) is 1. The minimum Gasteiger partial charge on any atom is -0.444 e. The minimum absolute atomic E-state index is 0.246. The van der Waals surface area contributed by atoms with E-state index in [2.05, 4.69) is 20.2 Å². The summed E-state index contributed by atoms with van der Waals surface area (Å²) in [5.41, 5.74) is 1.06. The van der Waals surface area contributed by atoms with Crippen molar-refractivity contribution in [3.8, 4) is 23.3 Å². The molecule has 0 N–H and O–H groups in total. The van der Waals surface area contributed by atoms with Crippen molar-refractivity contribution in [2.45, 2.75) is 45.3 Å². The molecule has 3 aromatic rings. The molecule has 4 heterocycles.